The highest BCUT2D eigenvalue weighted by Crippen LogP contribution is 2.23. The van der Waals surface area contributed by atoms with Crippen LogP contribution < -0.4 is 10.1 Å². The van der Waals surface area contributed by atoms with Crippen molar-refractivity contribution in [1.29, 1.82) is 0 Å². The molecule has 0 saturated carbocycles. The van der Waals surface area contributed by atoms with Gasteiger partial charge in [0.2, 0.25) is 5.88 Å². The van der Waals surface area contributed by atoms with Crippen molar-refractivity contribution in [2.24, 2.45) is 0 Å². The molecule has 0 aliphatic rings. The molecule has 0 aliphatic carbocycles. The first-order valence-corrected chi connectivity index (χ1v) is 7.70. The predicted molar refractivity (Wildman–Crippen MR) is 85.8 cm³/mol. The molecule has 0 unspecified atom stereocenters. The molecule has 1 aromatic carbocycles. The standard InChI is InChI=1S/C15H13N5O2S/c1-2-12-14(23-20-19-12)15(21)18-10-4-3-5-11(8-10)22-13-9-16-6-7-17-13/h3-9H,2H2,1H3,(H,18,21). The molecular formula is C15H13N5O2S. The molecule has 116 valence electrons. The number of hydrogen-bond donors (Lipinski definition) is 1. The number of aromatic nitrogens is 4. The molecule has 0 fully saturated rings. The average molecular weight is 327 g/mol. The zero-order valence-electron chi connectivity index (χ0n) is 12.3. The second-order valence-electron chi connectivity index (χ2n) is 4.53. The van der Waals surface area contributed by atoms with E-state index >= 15 is 0 Å². The second-order valence-corrected chi connectivity index (χ2v) is 5.28. The van der Waals surface area contributed by atoms with E-state index in [0.717, 1.165) is 11.5 Å². The van der Waals surface area contributed by atoms with Crippen molar-refractivity contribution in [2.45, 2.75) is 13.3 Å². The van der Waals surface area contributed by atoms with E-state index in [1.165, 1.54) is 6.20 Å². The molecule has 0 spiro atoms. The van der Waals surface area contributed by atoms with Gasteiger partial charge in [-0.15, -0.1) is 5.10 Å². The van der Waals surface area contributed by atoms with E-state index in [1.54, 1.807) is 36.7 Å². The van der Waals surface area contributed by atoms with Crippen LogP contribution in [0.4, 0.5) is 5.69 Å². The number of carbonyl (C=O) groups excluding carboxylic acids is 1. The van der Waals surface area contributed by atoms with Gasteiger partial charge in [-0.1, -0.05) is 17.5 Å². The Bertz CT molecular complexity index is 806. The van der Waals surface area contributed by atoms with E-state index in [1.807, 2.05) is 6.92 Å². The van der Waals surface area contributed by atoms with Gasteiger partial charge < -0.3 is 10.1 Å². The number of hydrogen-bond acceptors (Lipinski definition) is 7. The first-order chi connectivity index (χ1) is 11.3. The maximum atomic E-state index is 12.3. The zero-order chi connectivity index (χ0) is 16.1. The number of anilines is 1. The molecule has 0 aliphatic heterocycles. The van der Waals surface area contributed by atoms with Gasteiger partial charge in [-0.3, -0.25) is 9.78 Å². The number of amides is 1. The lowest BCUT2D eigenvalue weighted by atomic mass is 10.2. The minimum absolute atomic E-state index is 0.228. The highest BCUT2D eigenvalue weighted by Gasteiger charge is 2.15. The Hall–Kier alpha value is -2.87. The van der Waals surface area contributed by atoms with Crippen LogP contribution in [0.5, 0.6) is 11.6 Å². The maximum absolute atomic E-state index is 12.3. The quantitative estimate of drug-likeness (QED) is 0.775. The summed E-state index contributed by atoms with van der Waals surface area (Å²) in [6, 6.07) is 7.05. The molecule has 0 radical (unpaired) electrons. The molecule has 1 amide bonds. The Morgan fingerprint density at radius 2 is 2.26 bits per heavy atom. The summed E-state index contributed by atoms with van der Waals surface area (Å²) in [5.41, 5.74) is 1.31. The van der Waals surface area contributed by atoms with Crippen molar-refractivity contribution in [3.05, 3.63) is 53.4 Å². The largest absolute Gasteiger partial charge is 0.437 e. The van der Waals surface area contributed by atoms with Crippen molar-refractivity contribution < 1.29 is 9.53 Å². The lowest BCUT2D eigenvalue weighted by Gasteiger charge is -2.07. The molecule has 2 aromatic heterocycles. The number of ether oxygens (including phenoxy) is 1. The highest BCUT2D eigenvalue weighted by molar-refractivity contribution is 7.08. The minimum atomic E-state index is -0.228. The van der Waals surface area contributed by atoms with Crippen molar-refractivity contribution in [1.82, 2.24) is 19.6 Å². The number of nitrogens with zero attached hydrogens (tertiary/aromatic N) is 4. The van der Waals surface area contributed by atoms with Crippen LogP contribution in [0.15, 0.2) is 42.9 Å². The third-order valence-corrected chi connectivity index (χ3v) is 3.72. The van der Waals surface area contributed by atoms with E-state index < -0.39 is 0 Å². The van der Waals surface area contributed by atoms with Crippen LogP contribution in [0.1, 0.15) is 22.3 Å². The van der Waals surface area contributed by atoms with Gasteiger partial charge in [0.1, 0.15) is 10.6 Å². The molecule has 23 heavy (non-hydrogen) atoms. The van der Waals surface area contributed by atoms with E-state index in [-0.39, 0.29) is 5.91 Å². The average Bonchev–Trinajstić information content (AvgIpc) is 3.05. The fraction of sp³-hybridized carbons (Fsp3) is 0.133. The molecule has 3 rings (SSSR count). The molecule has 3 aromatic rings. The van der Waals surface area contributed by atoms with Crippen LogP contribution in [0.3, 0.4) is 0 Å². The molecule has 0 atom stereocenters. The molecular weight excluding hydrogens is 314 g/mol. The van der Waals surface area contributed by atoms with Crippen molar-refractivity contribution in [3.63, 3.8) is 0 Å². The van der Waals surface area contributed by atoms with Gasteiger partial charge in [-0.05, 0) is 30.1 Å². The van der Waals surface area contributed by atoms with Crippen molar-refractivity contribution >= 4 is 23.1 Å². The monoisotopic (exact) mass is 327 g/mol. The van der Waals surface area contributed by atoms with Crippen LogP contribution in [0, 0.1) is 0 Å². The number of benzene rings is 1. The first kappa shape index (κ1) is 15.0. The summed E-state index contributed by atoms with van der Waals surface area (Å²) in [5.74, 6) is 0.714. The number of rotatable bonds is 5. The first-order valence-electron chi connectivity index (χ1n) is 6.92. The van der Waals surface area contributed by atoms with Crippen LogP contribution in [-0.4, -0.2) is 25.5 Å². The van der Waals surface area contributed by atoms with Gasteiger partial charge in [-0.25, -0.2) is 4.98 Å². The molecule has 7 nitrogen and oxygen atoms in total. The summed E-state index contributed by atoms with van der Waals surface area (Å²) in [5, 5.41) is 6.76. The van der Waals surface area contributed by atoms with E-state index in [0.29, 0.717) is 34.3 Å². The zero-order valence-corrected chi connectivity index (χ0v) is 13.1. The van der Waals surface area contributed by atoms with Crippen molar-refractivity contribution in [3.8, 4) is 11.6 Å². The van der Waals surface area contributed by atoms with Crippen LogP contribution in [0.2, 0.25) is 0 Å². The summed E-state index contributed by atoms with van der Waals surface area (Å²) in [6.45, 7) is 1.93. The second kappa shape index (κ2) is 6.93. The summed E-state index contributed by atoms with van der Waals surface area (Å²) in [6.07, 6.45) is 5.29. The van der Waals surface area contributed by atoms with Gasteiger partial charge in [0.15, 0.2) is 0 Å². The summed E-state index contributed by atoms with van der Waals surface area (Å²) in [7, 11) is 0. The van der Waals surface area contributed by atoms with Crippen LogP contribution in [0.25, 0.3) is 0 Å². The SMILES string of the molecule is CCc1nnsc1C(=O)Nc1cccc(Oc2cnccn2)c1. The summed E-state index contributed by atoms with van der Waals surface area (Å²) < 4.78 is 9.41. The van der Waals surface area contributed by atoms with E-state index in [9.17, 15) is 4.79 Å². The number of aryl methyl sites for hydroxylation is 1. The van der Waals surface area contributed by atoms with Gasteiger partial charge >= 0.3 is 0 Å². The lowest BCUT2D eigenvalue weighted by Crippen LogP contribution is -2.12. The molecule has 2 heterocycles. The Morgan fingerprint density at radius 3 is 3.04 bits per heavy atom. The fourth-order valence-electron chi connectivity index (χ4n) is 1.90. The third kappa shape index (κ3) is 3.67. The lowest BCUT2D eigenvalue weighted by molar-refractivity contribution is 0.102. The fourth-order valence-corrected chi connectivity index (χ4v) is 2.54. The van der Waals surface area contributed by atoms with E-state index in [4.69, 9.17) is 4.74 Å². The minimum Gasteiger partial charge on any atom is -0.437 e. The third-order valence-electron chi connectivity index (χ3n) is 2.95. The van der Waals surface area contributed by atoms with Gasteiger partial charge in [-0.2, -0.15) is 0 Å². The molecule has 8 heteroatoms. The Morgan fingerprint density at radius 1 is 1.35 bits per heavy atom. The Labute approximate surface area is 136 Å². The van der Waals surface area contributed by atoms with E-state index in [2.05, 4.69) is 24.9 Å². The van der Waals surface area contributed by atoms with Gasteiger partial charge in [0, 0.05) is 24.1 Å². The van der Waals surface area contributed by atoms with Gasteiger partial charge in [0.05, 0.1) is 11.9 Å². The smallest absolute Gasteiger partial charge is 0.269 e. The molecule has 1 N–H and O–H groups in total. The highest BCUT2D eigenvalue weighted by atomic mass is 32.1. The van der Waals surface area contributed by atoms with Gasteiger partial charge in [0.25, 0.3) is 5.91 Å². The number of carbonyl (C=O) groups is 1. The summed E-state index contributed by atoms with van der Waals surface area (Å²) >= 11 is 1.09. The normalized spacial score (nSPS) is 10.3. The predicted octanol–water partition coefficient (Wildman–Crippen LogP) is 2.94. The number of nitrogens with one attached hydrogen (secondary N) is 1. The molecule has 0 saturated heterocycles. The topological polar surface area (TPSA) is 89.9 Å². The van der Waals surface area contributed by atoms with Crippen LogP contribution in [-0.2, 0) is 6.42 Å². The summed E-state index contributed by atoms with van der Waals surface area (Å²) in [4.78, 5) is 20.8. The van der Waals surface area contributed by atoms with Crippen LogP contribution >= 0.6 is 11.5 Å². The maximum Gasteiger partial charge on any atom is 0.269 e. The van der Waals surface area contributed by atoms with Crippen molar-refractivity contribution in [2.75, 3.05) is 5.32 Å². The Balaban J connectivity index is 1.74. The molecule has 0 bridgehead atoms. The Kier molecular flexibility index (Phi) is 4.53.